The van der Waals surface area contributed by atoms with Crippen LogP contribution in [0.15, 0.2) is 66.9 Å². The standard InChI is InChI=1S/C28H32N4O/c1-31-21-23(25-10-5-7-12-27(25)31)15-17-24-16-14-22-9-4-6-11-26(22)32(24)20-8-2-3-13-28(33)30-19-18-29/h4-7,9-12,14-17,21H,2-3,8,13,18-20,29H2,1H3/p+1. The first-order chi connectivity index (χ1) is 16.2. The summed E-state index contributed by atoms with van der Waals surface area (Å²) in [5.41, 5.74) is 10.3. The molecule has 2 heterocycles. The van der Waals surface area contributed by atoms with Crippen LogP contribution in [0.25, 0.3) is 34.0 Å². The van der Waals surface area contributed by atoms with Crippen molar-refractivity contribution < 1.29 is 9.36 Å². The van der Waals surface area contributed by atoms with Crippen molar-refractivity contribution >= 4 is 39.9 Å². The highest BCUT2D eigenvalue weighted by atomic mass is 16.1. The number of aryl methyl sites for hydroxylation is 2. The molecule has 0 fully saturated rings. The topological polar surface area (TPSA) is 63.9 Å². The maximum atomic E-state index is 11.8. The molecule has 33 heavy (non-hydrogen) atoms. The van der Waals surface area contributed by atoms with Crippen molar-refractivity contribution in [2.24, 2.45) is 12.8 Å². The first-order valence-electron chi connectivity index (χ1n) is 11.8. The molecular weight excluding hydrogens is 408 g/mol. The van der Waals surface area contributed by atoms with Crippen molar-refractivity contribution in [3.8, 4) is 0 Å². The van der Waals surface area contributed by atoms with E-state index in [0.29, 0.717) is 19.5 Å². The van der Waals surface area contributed by atoms with Crippen molar-refractivity contribution in [2.75, 3.05) is 13.1 Å². The van der Waals surface area contributed by atoms with Crippen LogP contribution in [0.5, 0.6) is 0 Å². The molecule has 2 aromatic carbocycles. The van der Waals surface area contributed by atoms with E-state index in [-0.39, 0.29) is 5.91 Å². The highest BCUT2D eigenvalue weighted by molar-refractivity contribution is 5.91. The third-order valence-corrected chi connectivity index (χ3v) is 6.09. The molecule has 0 atom stereocenters. The second-order valence-electron chi connectivity index (χ2n) is 8.46. The summed E-state index contributed by atoms with van der Waals surface area (Å²) in [4.78, 5) is 11.8. The molecule has 0 spiro atoms. The number of fused-ring (bicyclic) bond motifs is 2. The minimum absolute atomic E-state index is 0.0944. The number of rotatable bonds is 10. The van der Waals surface area contributed by atoms with Crippen LogP contribution >= 0.6 is 0 Å². The lowest BCUT2D eigenvalue weighted by molar-refractivity contribution is -0.673. The van der Waals surface area contributed by atoms with Gasteiger partial charge in [-0.3, -0.25) is 4.79 Å². The van der Waals surface area contributed by atoms with Crippen LogP contribution in [0.2, 0.25) is 0 Å². The largest absolute Gasteiger partial charge is 0.355 e. The predicted molar refractivity (Wildman–Crippen MR) is 137 cm³/mol. The molecule has 0 bridgehead atoms. The molecule has 4 rings (SSSR count). The maximum Gasteiger partial charge on any atom is 0.220 e. The number of para-hydroxylation sites is 2. The molecule has 170 valence electrons. The summed E-state index contributed by atoms with van der Waals surface area (Å²) in [6, 6.07) is 21.4. The van der Waals surface area contributed by atoms with E-state index in [4.69, 9.17) is 5.73 Å². The number of nitrogens with two attached hydrogens (primary N) is 1. The predicted octanol–water partition coefficient (Wildman–Crippen LogP) is 4.42. The van der Waals surface area contributed by atoms with Gasteiger partial charge in [0.15, 0.2) is 0 Å². The first-order valence-corrected chi connectivity index (χ1v) is 11.8. The number of carbonyl (C=O) groups excluding carboxylic acids is 1. The highest BCUT2D eigenvalue weighted by Gasteiger charge is 2.14. The summed E-state index contributed by atoms with van der Waals surface area (Å²) in [5.74, 6) is 0.0944. The summed E-state index contributed by atoms with van der Waals surface area (Å²) in [7, 11) is 2.09. The van der Waals surface area contributed by atoms with Gasteiger partial charge in [0.25, 0.3) is 0 Å². The number of nitrogens with one attached hydrogen (secondary N) is 1. The summed E-state index contributed by atoms with van der Waals surface area (Å²) in [6.45, 7) is 1.95. The Morgan fingerprint density at radius 3 is 2.70 bits per heavy atom. The fraction of sp³-hybridized carbons (Fsp3) is 0.286. The second kappa shape index (κ2) is 10.9. The minimum atomic E-state index is 0.0944. The van der Waals surface area contributed by atoms with Crippen molar-refractivity contribution in [3.05, 3.63) is 78.1 Å². The minimum Gasteiger partial charge on any atom is -0.355 e. The number of unbranched alkanes of at least 4 members (excludes halogenated alkanes) is 2. The Morgan fingerprint density at radius 2 is 1.82 bits per heavy atom. The Bertz CT molecular complexity index is 1270. The number of nitrogens with zero attached hydrogens (tertiary/aromatic N) is 2. The van der Waals surface area contributed by atoms with Gasteiger partial charge in [0.1, 0.15) is 6.54 Å². The molecule has 0 saturated heterocycles. The molecule has 0 radical (unpaired) electrons. The van der Waals surface area contributed by atoms with E-state index in [1.807, 2.05) is 0 Å². The Balaban J connectivity index is 1.51. The number of hydrogen-bond donors (Lipinski definition) is 2. The van der Waals surface area contributed by atoms with Gasteiger partial charge in [-0.2, -0.15) is 4.57 Å². The van der Waals surface area contributed by atoms with Gasteiger partial charge in [0, 0.05) is 79.2 Å². The third-order valence-electron chi connectivity index (χ3n) is 6.09. The average molecular weight is 442 g/mol. The summed E-state index contributed by atoms with van der Waals surface area (Å²) >= 11 is 0. The lowest BCUT2D eigenvalue weighted by Gasteiger charge is -2.06. The van der Waals surface area contributed by atoms with E-state index in [2.05, 4.69) is 101 Å². The summed E-state index contributed by atoms with van der Waals surface area (Å²) in [6.07, 6.45) is 10.1. The molecule has 0 aliphatic carbocycles. The number of amides is 1. The lowest BCUT2D eigenvalue weighted by Crippen LogP contribution is -2.38. The Kier molecular flexibility index (Phi) is 7.53. The molecule has 0 unspecified atom stereocenters. The molecule has 0 saturated carbocycles. The monoisotopic (exact) mass is 441 g/mol. The fourth-order valence-corrected chi connectivity index (χ4v) is 4.39. The average Bonchev–Trinajstić information content (AvgIpc) is 3.17. The molecule has 0 aliphatic rings. The van der Waals surface area contributed by atoms with E-state index in [1.54, 1.807) is 0 Å². The van der Waals surface area contributed by atoms with Crippen LogP contribution in [-0.2, 0) is 18.4 Å². The quantitative estimate of drug-likeness (QED) is 0.283. The molecule has 1 amide bonds. The molecule has 0 aliphatic heterocycles. The van der Waals surface area contributed by atoms with Crippen LogP contribution in [0.1, 0.15) is 36.9 Å². The maximum absolute atomic E-state index is 11.8. The molecule has 4 aromatic rings. The number of hydrogen-bond acceptors (Lipinski definition) is 2. The molecule has 3 N–H and O–H groups in total. The van der Waals surface area contributed by atoms with Crippen LogP contribution in [0.3, 0.4) is 0 Å². The molecule has 5 nitrogen and oxygen atoms in total. The van der Waals surface area contributed by atoms with Crippen molar-refractivity contribution in [3.63, 3.8) is 0 Å². The zero-order valence-electron chi connectivity index (χ0n) is 19.3. The van der Waals surface area contributed by atoms with Gasteiger partial charge in [-0.05, 0) is 37.1 Å². The number of aromatic nitrogens is 2. The van der Waals surface area contributed by atoms with Gasteiger partial charge < -0.3 is 15.6 Å². The Labute approximate surface area is 195 Å². The number of pyridine rings is 1. The zero-order chi connectivity index (χ0) is 23.0. The van der Waals surface area contributed by atoms with Crippen LogP contribution in [-0.4, -0.2) is 23.6 Å². The normalized spacial score (nSPS) is 11.6. The molecule has 5 heteroatoms. The SMILES string of the molecule is Cn1cc(/C=C/c2ccc3ccccc3[n+]2CCCCCC(=O)NCCN)c2ccccc21. The van der Waals surface area contributed by atoms with Gasteiger partial charge in [0.05, 0.1) is 0 Å². The van der Waals surface area contributed by atoms with Gasteiger partial charge in [0.2, 0.25) is 17.1 Å². The molecular formula is C28H33N4O+. The van der Waals surface area contributed by atoms with Crippen LogP contribution < -0.4 is 15.6 Å². The zero-order valence-corrected chi connectivity index (χ0v) is 19.3. The summed E-state index contributed by atoms with van der Waals surface area (Å²) < 4.78 is 4.57. The second-order valence-corrected chi connectivity index (χ2v) is 8.46. The van der Waals surface area contributed by atoms with E-state index in [0.717, 1.165) is 25.8 Å². The van der Waals surface area contributed by atoms with Crippen LogP contribution in [0.4, 0.5) is 0 Å². The van der Waals surface area contributed by atoms with Gasteiger partial charge in [-0.1, -0.05) is 30.3 Å². The fourth-order valence-electron chi connectivity index (χ4n) is 4.39. The Hall–Kier alpha value is -3.44. The summed E-state index contributed by atoms with van der Waals surface area (Å²) in [5, 5.41) is 5.34. The van der Waals surface area contributed by atoms with Crippen molar-refractivity contribution in [1.29, 1.82) is 0 Å². The van der Waals surface area contributed by atoms with E-state index in [1.165, 1.54) is 33.1 Å². The van der Waals surface area contributed by atoms with Crippen molar-refractivity contribution in [1.82, 2.24) is 9.88 Å². The van der Waals surface area contributed by atoms with Gasteiger partial charge in [-0.15, -0.1) is 0 Å². The van der Waals surface area contributed by atoms with E-state index < -0.39 is 0 Å². The number of benzene rings is 2. The first kappa shape index (κ1) is 22.7. The smallest absolute Gasteiger partial charge is 0.220 e. The van der Waals surface area contributed by atoms with E-state index >= 15 is 0 Å². The highest BCUT2D eigenvalue weighted by Crippen LogP contribution is 2.22. The van der Waals surface area contributed by atoms with E-state index in [9.17, 15) is 4.79 Å². The number of carbonyl (C=O) groups is 1. The van der Waals surface area contributed by atoms with Gasteiger partial charge >= 0.3 is 0 Å². The Morgan fingerprint density at radius 1 is 1.00 bits per heavy atom. The lowest BCUT2D eigenvalue weighted by atomic mass is 10.1. The van der Waals surface area contributed by atoms with Crippen molar-refractivity contribution in [2.45, 2.75) is 32.2 Å². The third kappa shape index (κ3) is 5.49. The van der Waals surface area contributed by atoms with Gasteiger partial charge in [-0.25, -0.2) is 0 Å². The molecule has 2 aromatic heterocycles. The van der Waals surface area contributed by atoms with Crippen LogP contribution in [0, 0.1) is 0 Å².